The summed E-state index contributed by atoms with van der Waals surface area (Å²) >= 11 is 5.91. The molecule has 1 heterocycles. The molecule has 6 nitrogen and oxygen atoms in total. The number of carbonyl (C=O) groups is 1. The summed E-state index contributed by atoms with van der Waals surface area (Å²) in [5.74, 6) is 0.536. The molecule has 1 amide bonds. The van der Waals surface area contributed by atoms with Gasteiger partial charge in [-0.1, -0.05) is 25.4 Å². The minimum Gasteiger partial charge on any atom is -0.374 e. The van der Waals surface area contributed by atoms with Crippen molar-refractivity contribution in [2.24, 2.45) is 11.7 Å². The summed E-state index contributed by atoms with van der Waals surface area (Å²) < 4.78 is 5.23. The molecule has 7 heteroatoms. The Morgan fingerprint density at radius 1 is 1.53 bits per heavy atom. The van der Waals surface area contributed by atoms with Gasteiger partial charge in [-0.2, -0.15) is 0 Å². The highest BCUT2D eigenvalue weighted by atomic mass is 35.5. The molecule has 0 radical (unpaired) electrons. The van der Waals surface area contributed by atoms with Gasteiger partial charge in [0, 0.05) is 12.7 Å². The van der Waals surface area contributed by atoms with Crippen LogP contribution in [0.2, 0.25) is 5.15 Å². The van der Waals surface area contributed by atoms with Crippen LogP contribution in [0.3, 0.4) is 0 Å². The van der Waals surface area contributed by atoms with Crippen molar-refractivity contribution >= 4 is 23.3 Å². The first-order chi connectivity index (χ1) is 8.93. The molecule has 1 aromatic rings. The third-order valence-electron chi connectivity index (χ3n) is 2.45. The van der Waals surface area contributed by atoms with Gasteiger partial charge in [-0.3, -0.25) is 4.79 Å². The van der Waals surface area contributed by atoms with E-state index in [1.165, 1.54) is 0 Å². The molecular formula is C12H19ClN4O2. The van der Waals surface area contributed by atoms with E-state index in [4.69, 9.17) is 22.1 Å². The van der Waals surface area contributed by atoms with E-state index in [0.717, 1.165) is 0 Å². The molecule has 1 aromatic heterocycles. The van der Waals surface area contributed by atoms with E-state index in [0.29, 0.717) is 23.4 Å². The summed E-state index contributed by atoms with van der Waals surface area (Å²) in [6.07, 6.45) is 0. The Bertz CT molecular complexity index is 440. The second-order valence-corrected chi connectivity index (χ2v) is 4.78. The number of nitrogens with two attached hydrogens (primary N) is 1. The lowest BCUT2D eigenvalue weighted by Gasteiger charge is -2.19. The van der Waals surface area contributed by atoms with Gasteiger partial charge < -0.3 is 15.8 Å². The van der Waals surface area contributed by atoms with Gasteiger partial charge in [0.15, 0.2) is 5.82 Å². The number of rotatable bonds is 7. The highest BCUT2D eigenvalue weighted by Gasteiger charge is 2.20. The molecule has 0 aliphatic heterocycles. The van der Waals surface area contributed by atoms with Crippen LogP contribution in [-0.2, 0) is 16.1 Å². The van der Waals surface area contributed by atoms with Crippen LogP contribution in [0.4, 0.5) is 5.82 Å². The molecule has 1 unspecified atom stereocenters. The monoisotopic (exact) mass is 286 g/mol. The summed E-state index contributed by atoms with van der Waals surface area (Å²) in [6, 6.07) is 1.04. The summed E-state index contributed by atoms with van der Waals surface area (Å²) in [5.41, 5.74) is 5.34. The predicted octanol–water partition coefficient (Wildman–Crippen LogP) is 1.59. The van der Waals surface area contributed by atoms with E-state index in [-0.39, 0.29) is 12.5 Å². The van der Waals surface area contributed by atoms with Crippen LogP contribution in [0.5, 0.6) is 0 Å². The van der Waals surface area contributed by atoms with Crippen molar-refractivity contribution in [2.75, 3.05) is 11.9 Å². The van der Waals surface area contributed by atoms with Gasteiger partial charge in [0.2, 0.25) is 5.91 Å². The fourth-order valence-corrected chi connectivity index (χ4v) is 1.72. The average molecular weight is 287 g/mol. The van der Waals surface area contributed by atoms with E-state index < -0.39 is 11.9 Å². The van der Waals surface area contributed by atoms with Crippen molar-refractivity contribution in [3.63, 3.8) is 0 Å². The first-order valence-electron chi connectivity index (χ1n) is 6.11. The second kappa shape index (κ2) is 7.25. The molecular weight excluding hydrogens is 268 g/mol. The van der Waals surface area contributed by atoms with Crippen molar-refractivity contribution in [2.45, 2.75) is 33.4 Å². The largest absolute Gasteiger partial charge is 0.374 e. The number of halogens is 1. The maximum atomic E-state index is 11.3. The van der Waals surface area contributed by atoms with Crippen LogP contribution in [0.1, 0.15) is 26.6 Å². The Balaban J connectivity index is 2.87. The molecule has 3 N–H and O–H groups in total. The van der Waals surface area contributed by atoms with Crippen molar-refractivity contribution in [1.82, 2.24) is 9.97 Å². The Kier molecular flexibility index (Phi) is 5.98. The van der Waals surface area contributed by atoms with E-state index in [1.54, 1.807) is 6.07 Å². The molecule has 0 aliphatic carbocycles. The number of anilines is 1. The lowest BCUT2D eigenvalue weighted by molar-refractivity contribution is -0.119. The van der Waals surface area contributed by atoms with Gasteiger partial charge in [-0.15, -0.1) is 0 Å². The van der Waals surface area contributed by atoms with Gasteiger partial charge in [-0.05, 0) is 12.8 Å². The van der Waals surface area contributed by atoms with Gasteiger partial charge in [-0.25, -0.2) is 9.97 Å². The topological polar surface area (TPSA) is 90.1 Å². The summed E-state index contributed by atoms with van der Waals surface area (Å²) in [5, 5.41) is 3.26. The number of nitrogens with zero attached hydrogens (tertiary/aromatic N) is 2. The highest BCUT2D eigenvalue weighted by Crippen LogP contribution is 2.15. The lowest BCUT2D eigenvalue weighted by atomic mass is 10.0. The molecule has 0 fully saturated rings. The molecule has 0 aliphatic rings. The molecule has 106 valence electrons. The van der Waals surface area contributed by atoms with Gasteiger partial charge in [0.25, 0.3) is 0 Å². The molecule has 1 rings (SSSR count). The van der Waals surface area contributed by atoms with Crippen LogP contribution in [0, 0.1) is 5.92 Å². The Morgan fingerprint density at radius 3 is 2.74 bits per heavy atom. The quantitative estimate of drug-likeness (QED) is 0.743. The van der Waals surface area contributed by atoms with Crippen molar-refractivity contribution in [3.8, 4) is 0 Å². The first kappa shape index (κ1) is 15.7. The number of amides is 1. The maximum Gasteiger partial charge on any atom is 0.240 e. The summed E-state index contributed by atoms with van der Waals surface area (Å²) in [7, 11) is 0. The van der Waals surface area contributed by atoms with Crippen molar-refractivity contribution in [1.29, 1.82) is 0 Å². The van der Waals surface area contributed by atoms with Crippen molar-refractivity contribution < 1.29 is 9.53 Å². The van der Waals surface area contributed by atoms with Gasteiger partial charge >= 0.3 is 0 Å². The Hall–Kier alpha value is -1.40. The van der Waals surface area contributed by atoms with E-state index in [2.05, 4.69) is 15.3 Å². The zero-order valence-corrected chi connectivity index (χ0v) is 12.1. The van der Waals surface area contributed by atoms with Crippen molar-refractivity contribution in [3.05, 3.63) is 17.0 Å². The zero-order chi connectivity index (χ0) is 14.4. The Morgan fingerprint density at radius 2 is 2.21 bits per heavy atom. The summed E-state index contributed by atoms with van der Waals surface area (Å²) in [6.45, 7) is 6.51. The number of primary amides is 1. The number of nitrogens with one attached hydrogen (secondary N) is 1. The zero-order valence-electron chi connectivity index (χ0n) is 11.3. The fraction of sp³-hybridized carbons (Fsp3) is 0.583. The number of ether oxygens (including phenoxy) is 1. The Labute approximate surface area is 117 Å². The van der Waals surface area contributed by atoms with E-state index in [1.807, 2.05) is 20.8 Å². The fourth-order valence-electron chi connectivity index (χ4n) is 1.52. The smallest absolute Gasteiger partial charge is 0.240 e. The normalized spacial score (nSPS) is 12.5. The number of aromatic nitrogens is 2. The maximum absolute atomic E-state index is 11.3. The SMILES string of the molecule is CCOCc1nc(Cl)cc(NC(C(N)=O)C(C)C)n1. The predicted molar refractivity (Wildman–Crippen MR) is 73.8 cm³/mol. The number of carbonyl (C=O) groups excluding carboxylic acids is 1. The molecule has 19 heavy (non-hydrogen) atoms. The minimum atomic E-state index is -0.508. The molecule has 0 bridgehead atoms. The molecule has 0 spiro atoms. The molecule has 0 saturated carbocycles. The van der Waals surface area contributed by atoms with Crippen LogP contribution in [0.15, 0.2) is 6.07 Å². The van der Waals surface area contributed by atoms with Crippen LogP contribution >= 0.6 is 11.6 Å². The average Bonchev–Trinajstić information content (AvgIpc) is 2.32. The van der Waals surface area contributed by atoms with Crippen LogP contribution in [-0.4, -0.2) is 28.5 Å². The van der Waals surface area contributed by atoms with Gasteiger partial charge in [0.05, 0.1) is 0 Å². The van der Waals surface area contributed by atoms with E-state index >= 15 is 0 Å². The van der Waals surface area contributed by atoms with Crippen LogP contribution < -0.4 is 11.1 Å². The van der Waals surface area contributed by atoms with E-state index in [9.17, 15) is 4.79 Å². The highest BCUT2D eigenvalue weighted by molar-refractivity contribution is 6.29. The summed E-state index contributed by atoms with van der Waals surface area (Å²) in [4.78, 5) is 19.6. The third-order valence-corrected chi connectivity index (χ3v) is 2.65. The third kappa shape index (κ3) is 5.00. The number of hydrogen-bond acceptors (Lipinski definition) is 5. The number of hydrogen-bond donors (Lipinski definition) is 2. The van der Waals surface area contributed by atoms with Crippen LogP contribution in [0.25, 0.3) is 0 Å². The van der Waals surface area contributed by atoms with Gasteiger partial charge in [0.1, 0.15) is 23.6 Å². The minimum absolute atomic E-state index is 0.0431. The standard InChI is InChI=1S/C12H19ClN4O2/c1-4-19-6-10-15-8(13)5-9(16-10)17-11(7(2)3)12(14)18/h5,7,11H,4,6H2,1-3H3,(H2,14,18)(H,15,16,17). The molecule has 1 atom stereocenters. The lowest BCUT2D eigenvalue weighted by Crippen LogP contribution is -2.39. The molecule has 0 aromatic carbocycles. The first-order valence-corrected chi connectivity index (χ1v) is 6.48. The second-order valence-electron chi connectivity index (χ2n) is 4.40. The molecule has 0 saturated heterocycles.